The van der Waals surface area contributed by atoms with Crippen molar-refractivity contribution in [2.45, 2.75) is 6.42 Å². The van der Waals surface area contributed by atoms with Crippen molar-refractivity contribution in [3.05, 3.63) is 115 Å². The van der Waals surface area contributed by atoms with Crippen LogP contribution in [0.4, 0.5) is 11.5 Å². The van der Waals surface area contributed by atoms with Crippen LogP contribution in [-0.2, 0) is 11.2 Å². The molecule has 0 amide bonds. The van der Waals surface area contributed by atoms with Gasteiger partial charge in [0.1, 0.15) is 17.3 Å². The van der Waals surface area contributed by atoms with Gasteiger partial charge in [-0.05, 0) is 42.0 Å². The van der Waals surface area contributed by atoms with Crippen molar-refractivity contribution in [1.29, 1.82) is 0 Å². The molecule has 7 heteroatoms. The number of rotatable bonds is 8. The first-order valence-electron chi connectivity index (χ1n) is 11.1. The second kappa shape index (κ2) is 9.93. The molecule has 0 saturated carbocycles. The van der Waals surface area contributed by atoms with Gasteiger partial charge < -0.3 is 15.2 Å². The van der Waals surface area contributed by atoms with Gasteiger partial charge in [-0.3, -0.25) is 9.78 Å². The van der Waals surface area contributed by atoms with Gasteiger partial charge in [-0.25, -0.2) is 4.68 Å². The summed E-state index contributed by atoms with van der Waals surface area (Å²) in [5, 5.41) is 17.5. The van der Waals surface area contributed by atoms with E-state index in [2.05, 4.69) is 10.3 Å². The maximum absolute atomic E-state index is 11.2. The molecule has 35 heavy (non-hydrogen) atoms. The van der Waals surface area contributed by atoms with Gasteiger partial charge in [0.2, 0.25) is 0 Å². The minimum Gasteiger partial charge on any atom is -0.481 e. The van der Waals surface area contributed by atoms with Gasteiger partial charge in [0, 0.05) is 29.6 Å². The van der Waals surface area contributed by atoms with Crippen LogP contribution in [0.2, 0.25) is 0 Å². The maximum atomic E-state index is 11.2. The number of aliphatic carboxylic acids is 1. The SMILES string of the molecule is O=C(O)Cc1cccc(-n2nc(-c3ccccc3)cc2Nc2cccc(Oc3cccnc3)c2)c1. The Morgan fingerprint density at radius 2 is 1.71 bits per heavy atom. The van der Waals surface area contributed by atoms with Crippen molar-refractivity contribution in [1.82, 2.24) is 14.8 Å². The summed E-state index contributed by atoms with van der Waals surface area (Å²) >= 11 is 0. The van der Waals surface area contributed by atoms with Gasteiger partial charge in [0.05, 0.1) is 24.0 Å². The molecule has 0 aliphatic carbocycles. The molecule has 0 aliphatic heterocycles. The second-order valence-electron chi connectivity index (χ2n) is 7.88. The highest BCUT2D eigenvalue weighted by Gasteiger charge is 2.13. The third kappa shape index (κ3) is 5.36. The Morgan fingerprint density at radius 3 is 2.51 bits per heavy atom. The first kappa shape index (κ1) is 21.9. The van der Waals surface area contributed by atoms with Crippen LogP contribution in [0.3, 0.4) is 0 Å². The molecule has 0 bridgehead atoms. The molecule has 0 unspecified atom stereocenters. The van der Waals surface area contributed by atoms with E-state index >= 15 is 0 Å². The smallest absolute Gasteiger partial charge is 0.307 e. The van der Waals surface area contributed by atoms with Crippen molar-refractivity contribution in [3.8, 4) is 28.4 Å². The second-order valence-corrected chi connectivity index (χ2v) is 7.88. The zero-order chi connectivity index (χ0) is 24.0. The molecule has 0 radical (unpaired) electrons. The van der Waals surface area contributed by atoms with E-state index < -0.39 is 5.97 Å². The molecule has 0 atom stereocenters. The van der Waals surface area contributed by atoms with E-state index in [1.54, 1.807) is 23.1 Å². The molecule has 3 aromatic carbocycles. The van der Waals surface area contributed by atoms with Crippen LogP contribution in [0, 0.1) is 0 Å². The molecule has 2 aromatic heterocycles. The van der Waals surface area contributed by atoms with Gasteiger partial charge in [0.25, 0.3) is 0 Å². The quantitative estimate of drug-likeness (QED) is 0.290. The average Bonchev–Trinajstić information content (AvgIpc) is 3.29. The van der Waals surface area contributed by atoms with Crippen LogP contribution >= 0.6 is 0 Å². The zero-order valence-electron chi connectivity index (χ0n) is 18.7. The van der Waals surface area contributed by atoms with Crippen LogP contribution in [0.15, 0.2) is 109 Å². The Labute approximate surface area is 202 Å². The normalized spacial score (nSPS) is 10.6. The van der Waals surface area contributed by atoms with Crippen molar-refractivity contribution in [2.24, 2.45) is 0 Å². The van der Waals surface area contributed by atoms with Crippen LogP contribution in [0.5, 0.6) is 11.5 Å². The Morgan fingerprint density at radius 1 is 0.886 bits per heavy atom. The van der Waals surface area contributed by atoms with E-state index in [0.29, 0.717) is 17.1 Å². The summed E-state index contributed by atoms with van der Waals surface area (Å²) < 4.78 is 7.70. The van der Waals surface area contributed by atoms with Crippen LogP contribution in [0.25, 0.3) is 16.9 Å². The Balaban J connectivity index is 1.50. The lowest BCUT2D eigenvalue weighted by Crippen LogP contribution is -2.05. The molecule has 0 aliphatic rings. The van der Waals surface area contributed by atoms with E-state index in [9.17, 15) is 9.90 Å². The highest BCUT2D eigenvalue weighted by molar-refractivity contribution is 5.71. The molecule has 7 nitrogen and oxygen atoms in total. The molecule has 2 N–H and O–H groups in total. The Bertz CT molecular complexity index is 1450. The summed E-state index contributed by atoms with van der Waals surface area (Å²) in [4.78, 5) is 15.3. The number of carboxylic acids is 1. The van der Waals surface area contributed by atoms with Crippen molar-refractivity contribution < 1.29 is 14.6 Å². The molecule has 2 heterocycles. The summed E-state index contributed by atoms with van der Waals surface area (Å²) in [5.74, 6) is 1.17. The summed E-state index contributed by atoms with van der Waals surface area (Å²) in [5.41, 5.74) is 4.04. The number of anilines is 2. The lowest BCUT2D eigenvalue weighted by molar-refractivity contribution is -0.136. The number of hydrogen-bond donors (Lipinski definition) is 2. The fourth-order valence-electron chi connectivity index (χ4n) is 3.72. The number of carboxylic acid groups (broad SMARTS) is 1. The van der Waals surface area contributed by atoms with E-state index in [4.69, 9.17) is 9.84 Å². The molecule has 0 fully saturated rings. The molecule has 0 spiro atoms. The molecule has 5 aromatic rings. The summed E-state index contributed by atoms with van der Waals surface area (Å²) in [7, 11) is 0. The van der Waals surface area contributed by atoms with Crippen LogP contribution < -0.4 is 10.1 Å². The van der Waals surface area contributed by atoms with Gasteiger partial charge in [-0.1, -0.05) is 48.5 Å². The topological polar surface area (TPSA) is 89.3 Å². The van der Waals surface area contributed by atoms with Gasteiger partial charge in [-0.15, -0.1) is 0 Å². The maximum Gasteiger partial charge on any atom is 0.307 e. The van der Waals surface area contributed by atoms with Gasteiger partial charge >= 0.3 is 5.97 Å². The fraction of sp³-hybridized carbons (Fsp3) is 0.0357. The number of carbonyl (C=O) groups is 1. The first-order valence-corrected chi connectivity index (χ1v) is 11.1. The van der Waals surface area contributed by atoms with Crippen LogP contribution in [-0.4, -0.2) is 25.8 Å². The minimum absolute atomic E-state index is 0.0584. The van der Waals surface area contributed by atoms with Crippen molar-refractivity contribution >= 4 is 17.5 Å². The van der Waals surface area contributed by atoms with E-state index in [0.717, 1.165) is 28.5 Å². The number of nitrogens with one attached hydrogen (secondary N) is 1. The number of pyridine rings is 1. The monoisotopic (exact) mass is 462 g/mol. The summed E-state index contributed by atoms with van der Waals surface area (Å²) in [6.07, 6.45) is 3.30. The lowest BCUT2D eigenvalue weighted by atomic mass is 10.1. The largest absolute Gasteiger partial charge is 0.481 e. The first-order chi connectivity index (χ1) is 17.1. The van der Waals surface area contributed by atoms with Gasteiger partial charge in [-0.2, -0.15) is 5.10 Å². The van der Waals surface area contributed by atoms with Crippen LogP contribution in [0.1, 0.15) is 5.56 Å². The van der Waals surface area contributed by atoms with Crippen molar-refractivity contribution in [2.75, 3.05) is 5.32 Å². The minimum atomic E-state index is -0.878. The predicted molar refractivity (Wildman–Crippen MR) is 134 cm³/mol. The zero-order valence-corrected chi connectivity index (χ0v) is 18.7. The standard InChI is InChI=1S/C28H22N4O3/c33-28(34)16-20-7-4-11-23(15-20)32-27(18-26(31-32)21-8-2-1-3-9-21)30-22-10-5-12-24(17-22)35-25-13-6-14-29-19-25/h1-15,17-19,30H,16H2,(H,33,34). The number of hydrogen-bond acceptors (Lipinski definition) is 5. The summed E-state index contributed by atoms with van der Waals surface area (Å²) in [6, 6.07) is 30.5. The summed E-state index contributed by atoms with van der Waals surface area (Å²) in [6.45, 7) is 0. The number of benzene rings is 3. The van der Waals surface area contributed by atoms with Crippen molar-refractivity contribution in [3.63, 3.8) is 0 Å². The fourth-order valence-corrected chi connectivity index (χ4v) is 3.72. The lowest BCUT2D eigenvalue weighted by Gasteiger charge is -2.12. The highest BCUT2D eigenvalue weighted by Crippen LogP contribution is 2.30. The molecular formula is C28H22N4O3. The van der Waals surface area contributed by atoms with Gasteiger partial charge in [0.15, 0.2) is 0 Å². The number of ether oxygens (including phenoxy) is 1. The van der Waals surface area contributed by atoms with E-state index in [1.165, 1.54) is 0 Å². The highest BCUT2D eigenvalue weighted by atomic mass is 16.5. The molecule has 0 saturated heterocycles. The molecular weight excluding hydrogens is 440 g/mol. The molecule has 5 rings (SSSR count). The third-order valence-corrected chi connectivity index (χ3v) is 5.27. The Hall–Kier alpha value is -4.91. The van der Waals surface area contributed by atoms with E-state index in [-0.39, 0.29) is 6.42 Å². The third-order valence-electron chi connectivity index (χ3n) is 5.27. The van der Waals surface area contributed by atoms with E-state index in [1.807, 2.05) is 91.0 Å². The predicted octanol–water partition coefficient (Wildman–Crippen LogP) is 6.10. The number of aromatic nitrogens is 3. The number of nitrogens with zero attached hydrogens (tertiary/aromatic N) is 3. The average molecular weight is 463 g/mol. The molecule has 172 valence electrons. The Kier molecular flexibility index (Phi) is 6.21.